The topological polar surface area (TPSA) is 74.9 Å². The predicted octanol–water partition coefficient (Wildman–Crippen LogP) is 5.22. The van der Waals surface area contributed by atoms with Crippen molar-refractivity contribution < 1.29 is 13.9 Å². The summed E-state index contributed by atoms with van der Waals surface area (Å²) in [7, 11) is 0. The lowest BCUT2D eigenvalue weighted by Gasteiger charge is -2.31. The van der Waals surface area contributed by atoms with E-state index in [0.29, 0.717) is 44.0 Å². The van der Waals surface area contributed by atoms with Gasteiger partial charge in [0.15, 0.2) is 5.76 Å². The minimum absolute atomic E-state index is 0.0344. The van der Waals surface area contributed by atoms with Crippen LogP contribution in [-0.2, 0) is 4.74 Å². The molecule has 0 spiro atoms. The summed E-state index contributed by atoms with van der Waals surface area (Å²) in [5.41, 5.74) is 2.64. The Balaban J connectivity index is 1.61. The van der Waals surface area contributed by atoms with Gasteiger partial charge < -0.3 is 14.1 Å². The van der Waals surface area contributed by atoms with Crippen LogP contribution in [0.15, 0.2) is 53.2 Å². The van der Waals surface area contributed by atoms with Gasteiger partial charge in [0.2, 0.25) is 0 Å². The van der Waals surface area contributed by atoms with Gasteiger partial charge in [0, 0.05) is 37.0 Å². The van der Waals surface area contributed by atoms with E-state index in [1.54, 1.807) is 17.3 Å². The molecule has 1 aliphatic heterocycles. The van der Waals surface area contributed by atoms with E-state index in [-0.39, 0.29) is 11.6 Å². The molecule has 1 aliphatic rings. The molecule has 2 amide bonds. The standard InChI is InChI=1S/C25H31N5O3/c1-6-32-17-29(20-10-8-7-9-18(20)2)23-27-16-21(33-23)19-11-12-26-22(15-19)28-13-14-30(24(28)31)25(3,4)5/h7-12,15-16H,6,13-14,17H2,1-5H3. The maximum Gasteiger partial charge on any atom is 0.326 e. The minimum Gasteiger partial charge on any atom is -0.423 e. The zero-order chi connectivity index (χ0) is 23.6. The van der Waals surface area contributed by atoms with Gasteiger partial charge in [0.25, 0.3) is 0 Å². The number of benzene rings is 1. The van der Waals surface area contributed by atoms with Gasteiger partial charge in [-0.25, -0.2) is 14.8 Å². The van der Waals surface area contributed by atoms with E-state index in [1.165, 1.54) is 0 Å². The van der Waals surface area contributed by atoms with E-state index < -0.39 is 0 Å². The van der Waals surface area contributed by atoms with Crippen molar-refractivity contribution in [1.29, 1.82) is 0 Å². The zero-order valence-corrected chi connectivity index (χ0v) is 19.9. The molecule has 1 fully saturated rings. The summed E-state index contributed by atoms with van der Waals surface area (Å²) in [4.78, 5) is 27.4. The molecule has 4 rings (SSSR count). The second-order valence-electron chi connectivity index (χ2n) is 9.00. The number of pyridine rings is 1. The van der Waals surface area contributed by atoms with E-state index in [4.69, 9.17) is 9.15 Å². The van der Waals surface area contributed by atoms with Crippen LogP contribution in [0.2, 0.25) is 0 Å². The summed E-state index contributed by atoms with van der Waals surface area (Å²) in [6.07, 6.45) is 3.39. The molecule has 3 aromatic rings. The van der Waals surface area contributed by atoms with Crippen LogP contribution in [0.1, 0.15) is 33.3 Å². The SMILES string of the molecule is CCOCN(c1ncc(-c2ccnc(N3CCN(C(C)(C)C)C3=O)c2)o1)c1ccccc1C. The van der Waals surface area contributed by atoms with Crippen molar-refractivity contribution in [1.82, 2.24) is 14.9 Å². The Hall–Kier alpha value is -3.39. The average molecular weight is 450 g/mol. The van der Waals surface area contributed by atoms with Crippen LogP contribution in [-0.4, -0.2) is 52.9 Å². The zero-order valence-electron chi connectivity index (χ0n) is 19.9. The summed E-state index contributed by atoms with van der Waals surface area (Å²) < 4.78 is 11.8. The van der Waals surface area contributed by atoms with E-state index in [2.05, 4.69) is 9.97 Å². The number of ether oxygens (including phenoxy) is 1. The monoisotopic (exact) mass is 449 g/mol. The Kier molecular flexibility index (Phi) is 6.37. The number of rotatable bonds is 7. The maximum atomic E-state index is 12.9. The fraction of sp³-hybridized carbons (Fsp3) is 0.400. The predicted molar refractivity (Wildman–Crippen MR) is 129 cm³/mol. The lowest BCUT2D eigenvalue weighted by molar-refractivity contribution is 0.151. The molecule has 0 bridgehead atoms. The quantitative estimate of drug-likeness (QED) is 0.461. The van der Waals surface area contributed by atoms with Gasteiger partial charge in [-0.05, 0) is 58.4 Å². The third kappa shape index (κ3) is 4.71. The Morgan fingerprint density at radius 3 is 2.64 bits per heavy atom. The van der Waals surface area contributed by atoms with Crippen molar-refractivity contribution in [3.63, 3.8) is 0 Å². The molecule has 8 heteroatoms. The number of amides is 2. The molecule has 2 aromatic heterocycles. The van der Waals surface area contributed by atoms with Gasteiger partial charge in [0.1, 0.15) is 12.5 Å². The lowest BCUT2D eigenvalue weighted by Crippen LogP contribution is -2.44. The highest BCUT2D eigenvalue weighted by atomic mass is 16.5. The maximum absolute atomic E-state index is 12.9. The van der Waals surface area contributed by atoms with Crippen molar-refractivity contribution in [3.8, 4) is 11.3 Å². The molecule has 1 aromatic carbocycles. The molecule has 0 N–H and O–H groups in total. The van der Waals surface area contributed by atoms with Crippen LogP contribution in [0.5, 0.6) is 0 Å². The number of aromatic nitrogens is 2. The highest BCUT2D eigenvalue weighted by Crippen LogP contribution is 2.32. The first-order valence-corrected chi connectivity index (χ1v) is 11.2. The number of para-hydroxylation sites is 1. The summed E-state index contributed by atoms with van der Waals surface area (Å²) in [6, 6.07) is 12.2. The van der Waals surface area contributed by atoms with Crippen molar-refractivity contribution in [3.05, 3.63) is 54.4 Å². The van der Waals surface area contributed by atoms with Crippen molar-refractivity contribution in [2.24, 2.45) is 0 Å². The smallest absolute Gasteiger partial charge is 0.326 e. The van der Waals surface area contributed by atoms with Crippen LogP contribution in [0, 0.1) is 6.92 Å². The number of urea groups is 1. The molecule has 33 heavy (non-hydrogen) atoms. The first kappa shape index (κ1) is 22.8. The number of hydrogen-bond acceptors (Lipinski definition) is 6. The van der Waals surface area contributed by atoms with Crippen molar-refractivity contribution in [2.45, 2.75) is 40.2 Å². The van der Waals surface area contributed by atoms with Crippen LogP contribution < -0.4 is 9.80 Å². The normalized spacial score (nSPS) is 14.3. The van der Waals surface area contributed by atoms with E-state index in [9.17, 15) is 4.79 Å². The van der Waals surface area contributed by atoms with E-state index in [1.807, 2.05) is 80.8 Å². The Labute approximate surface area is 194 Å². The lowest BCUT2D eigenvalue weighted by atomic mass is 10.1. The number of carbonyl (C=O) groups excluding carboxylic acids is 1. The first-order chi connectivity index (χ1) is 15.8. The fourth-order valence-electron chi connectivity index (χ4n) is 3.89. The number of aryl methyl sites for hydroxylation is 1. The average Bonchev–Trinajstić information content (AvgIpc) is 3.42. The second kappa shape index (κ2) is 9.23. The highest BCUT2D eigenvalue weighted by Gasteiger charge is 2.37. The molecular formula is C25H31N5O3. The number of hydrogen-bond donors (Lipinski definition) is 0. The third-order valence-electron chi connectivity index (χ3n) is 5.68. The van der Waals surface area contributed by atoms with Crippen LogP contribution in [0.4, 0.5) is 22.3 Å². The van der Waals surface area contributed by atoms with E-state index >= 15 is 0 Å². The number of oxazole rings is 1. The molecular weight excluding hydrogens is 418 g/mol. The third-order valence-corrected chi connectivity index (χ3v) is 5.68. The summed E-state index contributed by atoms with van der Waals surface area (Å²) in [5.74, 6) is 1.20. The molecule has 0 unspecified atom stereocenters. The Bertz CT molecular complexity index is 1120. The van der Waals surface area contributed by atoms with Crippen LogP contribution in [0.25, 0.3) is 11.3 Å². The highest BCUT2D eigenvalue weighted by molar-refractivity contribution is 5.94. The van der Waals surface area contributed by atoms with Gasteiger partial charge in [-0.1, -0.05) is 18.2 Å². The molecule has 0 aliphatic carbocycles. The number of carbonyl (C=O) groups is 1. The minimum atomic E-state index is -0.233. The molecule has 0 atom stereocenters. The van der Waals surface area contributed by atoms with Gasteiger partial charge in [-0.15, -0.1) is 0 Å². The summed E-state index contributed by atoms with van der Waals surface area (Å²) >= 11 is 0. The Morgan fingerprint density at radius 1 is 1.15 bits per heavy atom. The largest absolute Gasteiger partial charge is 0.423 e. The molecule has 1 saturated heterocycles. The molecule has 3 heterocycles. The molecule has 8 nitrogen and oxygen atoms in total. The van der Waals surface area contributed by atoms with Gasteiger partial charge in [-0.2, -0.15) is 0 Å². The van der Waals surface area contributed by atoms with Gasteiger partial charge >= 0.3 is 12.0 Å². The van der Waals surface area contributed by atoms with Crippen molar-refractivity contribution >= 4 is 23.6 Å². The molecule has 174 valence electrons. The summed E-state index contributed by atoms with van der Waals surface area (Å²) in [5, 5.41) is 0. The first-order valence-electron chi connectivity index (χ1n) is 11.2. The van der Waals surface area contributed by atoms with Crippen LogP contribution in [0.3, 0.4) is 0 Å². The molecule has 0 radical (unpaired) electrons. The number of nitrogens with zero attached hydrogens (tertiary/aromatic N) is 5. The number of anilines is 3. The van der Waals surface area contributed by atoms with Crippen LogP contribution >= 0.6 is 0 Å². The molecule has 0 saturated carbocycles. The fourth-order valence-corrected chi connectivity index (χ4v) is 3.89. The van der Waals surface area contributed by atoms with Crippen molar-refractivity contribution in [2.75, 3.05) is 36.2 Å². The van der Waals surface area contributed by atoms with E-state index in [0.717, 1.165) is 16.8 Å². The second-order valence-corrected chi connectivity index (χ2v) is 9.00. The van der Waals surface area contributed by atoms with Gasteiger partial charge in [0.05, 0.1) is 11.9 Å². The summed E-state index contributed by atoms with van der Waals surface area (Å²) in [6.45, 7) is 12.3. The van der Waals surface area contributed by atoms with Gasteiger partial charge in [-0.3, -0.25) is 9.80 Å². The Morgan fingerprint density at radius 2 is 1.94 bits per heavy atom.